The molecule has 4 heteroatoms. The standard InChI is InChI=1S/C17H27N3O/c1-18-9-11-19(12-10-18)13-14-20-8-4-7-17(21)15-5-2-3-6-16(15)20/h2-3,5-6,17,21H,4,7-14H2,1H3. The Morgan fingerprint density at radius 2 is 1.81 bits per heavy atom. The van der Waals surface area contributed by atoms with E-state index in [9.17, 15) is 5.11 Å². The Bertz CT molecular complexity index is 457. The van der Waals surface area contributed by atoms with Crippen LogP contribution < -0.4 is 4.90 Å². The van der Waals surface area contributed by atoms with E-state index in [1.54, 1.807) is 0 Å². The average Bonchev–Trinajstić information content (AvgIpc) is 2.67. The molecule has 1 fully saturated rings. The molecule has 2 aliphatic rings. The van der Waals surface area contributed by atoms with Crippen LogP contribution in [0.1, 0.15) is 24.5 Å². The SMILES string of the molecule is CN1CCN(CCN2CCCC(O)c3ccccc32)CC1. The lowest BCUT2D eigenvalue weighted by Gasteiger charge is -2.34. The molecule has 0 radical (unpaired) electrons. The molecule has 1 unspecified atom stereocenters. The van der Waals surface area contributed by atoms with E-state index in [0.717, 1.165) is 38.0 Å². The summed E-state index contributed by atoms with van der Waals surface area (Å²) in [4.78, 5) is 7.42. The second kappa shape index (κ2) is 6.77. The molecule has 2 heterocycles. The smallest absolute Gasteiger partial charge is 0.0810 e. The summed E-state index contributed by atoms with van der Waals surface area (Å²) < 4.78 is 0. The molecule has 1 N–H and O–H groups in total. The van der Waals surface area contributed by atoms with Gasteiger partial charge in [-0.05, 0) is 26.0 Å². The van der Waals surface area contributed by atoms with Crippen LogP contribution in [-0.2, 0) is 0 Å². The van der Waals surface area contributed by atoms with Crippen molar-refractivity contribution in [3.8, 4) is 0 Å². The zero-order valence-electron chi connectivity index (χ0n) is 13.0. The Hall–Kier alpha value is -1.10. The van der Waals surface area contributed by atoms with E-state index < -0.39 is 0 Å². The van der Waals surface area contributed by atoms with E-state index in [-0.39, 0.29) is 6.10 Å². The molecule has 1 aromatic rings. The van der Waals surface area contributed by atoms with Crippen molar-refractivity contribution in [2.45, 2.75) is 18.9 Å². The number of rotatable bonds is 3. The fraction of sp³-hybridized carbons (Fsp3) is 0.647. The third-order valence-electron chi connectivity index (χ3n) is 4.82. The summed E-state index contributed by atoms with van der Waals surface area (Å²) in [7, 11) is 2.20. The number of anilines is 1. The van der Waals surface area contributed by atoms with Gasteiger partial charge in [0, 0.05) is 57.1 Å². The van der Waals surface area contributed by atoms with E-state index in [1.807, 2.05) is 6.07 Å². The third kappa shape index (κ3) is 3.57. The number of hydrogen-bond acceptors (Lipinski definition) is 4. The highest BCUT2D eigenvalue weighted by molar-refractivity contribution is 5.55. The summed E-state index contributed by atoms with van der Waals surface area (Å²) in [6.07, 6.45) is 1.65. The van der Waals surface area contributed by atoms with Crippen LogP contribution in [0.25, 0.3) is 0 Å². The van der Waals surface area contributed by atoms with Gasteiger partial charge in [-0.2, -0.15) is 0 Å². The van der Waals surface area contributed by atoms with Crippen molar-refractivity contribution in [3.63, 3.8) is 0 Å². The molecule has 2 aliphatic heterocycles. The van der Waals surface area contributed by atoms with Gasteiger partial charge in [0.1, 0.15) is 0 Å². The van der Waals surface area contributed by atoms with Crippen LogP contribution in [-0.4, -0.2) is 67.8 Å². The lowest BCUT2D eigenvalue weighted by atomic mass is 10.0. The van der Waals surface area contributed by atoms with Crippen LogP contribution in [0.2, 0.25) is 0 Å². The number of piperazine rings is 1. The molecule has 4 nitrogen and oxygen atoms in total. The minimum absolute atomic E-state index is 0.296. The van der Waals surface area contributed by atoms with Gasteiger partial charge in [-0.1, -0.05) is 18.2 Å². The minimum atomic E-state index is -0.296. The number of aliphatic hydroxyl groups excluding tert-OH is 1. The summed E-state index contributed by atoms with van der Waals surface area (Å²) in [5.41, 5.74) is 2.34. The van der Waals surface area contributed by atoms with E-state index in [2.05, 4.69) is 39.9 Å². The van der Waals surface area contributed by atoms with Crippen molar-refractivity contribution in [2.24, 2.45) is 0 Å². The number of nitrogens with zero attached hydrogens (tertiary/aromatic N) is 3. The van der Waals surface area contributed by atoms with Crippen LogP contribution in [0.3, 0.4) is 0 Å². The Balaban J connectivity index is 1.63. The molecule has 21 heavy (non-hydrogen) atoms. The molecule has 3 rings (SSSR count). The van der Waals surface area contributed by atoms with Gasteiger partial charge in [0.15, 0.2) is 0 Å². The quantitative estimate of drug-likeness (QED) is 0.915. The molecule has 1 aromatic carbocycles. The number of hydrogen-bond donors (Lipinski definition) is 1. The maximum Gasteiger partial charge on any atom is 0.0810 e. The van der Waals surface area contributed by atoms with E-state index in [0.29, 0.717) is 0 Å². The van der Waals surface area contributed by atoms with E-state index in [4.69, 9.17) is 0 Å². The summed E-state index contributed by atoms with van der Waals surface area (Å²) in [5.74, 6) is 0. The van der Waals surface area contributed by atoms with Crippen molar-refractivity contribution in [2.75, 3.05) is 57.8 Å². The van der Waals surface area contributed by atoms with Gasteiger partial charge in [-0.3, -0.25) is 4.90 Å². The Morgan fingerprint density at radius 3 is 2.62 bits per heavy atom. The van der Waals surface area contributed by atoms with Gasteiger partial charge < -0.3 is 14.9 Å². The number of benzene rings is 1. The fourth-order valence-electron chi connectivity index (χ4n) is 3.37. The monoisotopic (exact) mass is 289 g/mol. The molecule has 0 saturated carbocycles. The van der Waals surface area contributed by atoms with Crippen LogP contribution in [0, 0.1) is 0 Å². The van der Waals surface area contributed by atoms with Crippen LogP contribution >= 0.6 is 0 Å². The van der Waals surface area contributed by atoms with Gasteiger partial charge in [0.05, 0.1) is 6.10 Å². The highest BCUT2D eigenvalue weighted by Gasteiger charge is 2.21. The minimum Gasteiger partial charge on any atom is -0.388 e. The third-order valence-corrected chi connectivity index (χ3v) is 4.82. The molecule has 0 spiro atoms. The molecule has 1 atom stereocenters. The van der Waals surface area contributed by atoms with Crippen molar-refractivity contribution in [3.05, 3.63) is 29.8 Å². The van der Waals surface area contributed by atoms with Crippen LogP contribution in [0.4, 0.5) is 5.69 Å². The average molecular weight is 289 g/mol. The van der Waals surface area contributed by atoms with Gasteiger partial charge in [0.25, 0.3) is 0 Å². The van der Waals surface area contributed by atoms with Crippen molar-refractivity contribution >= 4 is 5.69 Å². The number of fused-ring (bicyclic) bond motifs is 1. The molecule has 0 aliphatic carbocycles. The Labute approximate surface area is 128 Å². The summed E-state index contributed by atoms with van der Waals surface area (Å²) >= 11 is 0. The summed E-state index contributed by atoms with van der Waals surface area (Å²) in [5, 5.41) is 10.3. The number of likely N-dealkylation sites (N-methyl/N-ethyl adjacent to an activating group) is 1. The van der Waals surface area contributed by atoms with Gasteiger partial charge in [-0.25, -0.2) is 0 Å². The second-order valence-corrected chi connectivity index (χ2v) is 6.35. The molecule has 0 aromatic heterocycles. The lowest BCUT2D eigenvalue weighted by molar-refractivity contribution is 0.156. The fourth-order valence-corrected chi connectivity index (χ4v) is 3.37. The topological polar surface area (TPSA) is 30.0 Å². The highest BCUT2D eigenvalue weighted by atomic mass is 16.3. The van der Waals surface area contributed by atoms with E-state index >= 15 is 0 Å². The maximum atomic E-state index is 10.3. The molecule has 0 bridgehead atoms. The predicted molar refractivity (Wildman–Crippen MR) is 86.8 cm³/mol. The molecular weight excluding hydrogens is 262 g/mol. The summed E-state index contributed by atoms with van der Waals surface area (Å²) in [6, 6.07) is 8.35. The van der Waals surface area contributed by atoms with Gasteiger partial charge in [-0.15, -0.1) is 0 Å². The second-order valence-electron chi connectivity index (χ2n) is 6.35. The molecule has 116 valence electrons. The van der Waals surface area contributed by atoms with Gasteiger partial charge >= 0.3 is 0 Å². The van der Waals surface area contributed by atoms with Crippen LogP contribution in [0.5, 0.6) is 0 Å². The van der Waals surface area contributed by atoms with Gasteiger partial charge in [0.2, 0.25) is 0 Å². The summed E-state index contributed by atoms with van der Waals surface area (Å²) in [6.45, 7) is 7.95. The molecule has 1 saturated heterocycles. The first kappa shape index (κ1) is 14.8. The molecule has 0 amide bonds. The van der Waals surface area contributed by atoms with Crippen LogP contribution in [0.15, 0.2) is 24.3 Å². The first-order chi connectivity index (χ1) is 10.2. The van der Waals surface area contributed by atoms with Crippen molar-refractivity contribution in [1.82, 2.24) is 9.80 Å². The highest BCUT2D eigenvalue weighted by Crippen LogP contribution is 2.32. The largest absolute Gasteiger partial charge is 0.388 e. The zero-order chi connectivity index (χ0) is 14.7. The predicted octanol–water partition coefficient (Wildman–Crippen LogP) is 1.57. The first-order valence-corrected chi connectivity index (χ1v) is 8.17. The first-order valence-electron chi connectivity index (χ1n) is 8.17. The Morgan fingerprint density at radius 1 is 1.05 bits per heavy atom. The van der Waals surface area contributed by atoms with Crippen molar-refractivity contribution in [1.29, 1.82) is 0 Å². The molecular formula is C17H27N3O. The normalized spacial score (nSPS) is 24.7. The lowest BCUT2D eigenvalue weighted by Crippen LogP contribution is -2.47. The van der Waals surface area contributed by atoms with E-state index in [1.165, 1.54) is 31.9 Å². The maximum absolute atomic E-state index is 10.3. The zero-order valence-corrected chi connectivity index (χ0v) is 13.0. The number of aliphatic hydroxyl groups is 1. The number of para-hydroxylation sites is 1. The Kier molecular flexibility index (Phi) is 4.78. The van der Waals surface area contributed by atoms with Crippen molar-refractivity contribution < 1.29 is 5.11 Å².